The lowest BCUT2D eigenvalue weighted by Crippen LogP contribution is -1.91. The number of hydrogen-bond donors (Lipinski definition) is 1. The SMILES string of the molecule is Cc1ccccc1.OCCc1ccccn1. The highest BCUT2D eigenvalue weighted by Crippen LogP contribution is 1.92. The number of hydrogen-bond acceptors (Lipinski definition) is 2. The quantitative estimate of drug-likeness (QED) is 0.835. The second-order valence-electron chi connectivity index (χ2n) is 3.45. The van der Waals surface area contributed by atoms with Crippen molar-refractivity contribution in [3.8, 4) is 0 Å². The summed E-state index contributed by atoms with van der Waals surface area (Å²) in [4.78, 5) is 4.01. The second kappa shape index (κ2) is 7.60. The zero-order valence-electron chi connectivity index (χ0n) is 9.50. The molecule has 1 aromatic heterocycles. The minimum atomic E-state index is 0.178. The van der Waals surface area contributed by atoms with Gasteiger partial charge in [0.25, 0.3) is 0 Å². The molecule has 0 bridgehead atoms. The van der Waals surface area contributed by atoms with Crippen LogP contribution >= 0.6 is 0 Å². The Hall–Kier alpha value is -1.67. The van der Waals surface area contributed by atoms with Crippen LogP contribution < -0.4 is 0 Å². The predicted molar refractivity (Wildman–Crippen MR) is 66.2 cm³/mol. The van der Waals surface area contributed by atoms with Crippen LogP contribution in [0.15, 0.2) is 54.7 Å². The summed E-state index contributed by atoms with van der Waals surface area (Å²) in [6, 6.07) is 15.9. The van der Waals surface area contributed by atoms with E-state index in [1.165, 1.54) is 5.56 Å². The minimum absolute atomic E-state index is 0.178. The largest absolute Gasteiger partial charge is 0.396 e. The Morgan fingerprint density at radius 1 is 1.00 bits per heavy atom. The number of benzene rings is 1. The molecule has 1 N–H and O–H groups in total. The van der Waals surface area contributed by atoms with E-state index in [1.54, 1.807) is 6.20 Å². The number of aromatic nitrogens is 1. The van der Waals surface area contributed by atoms with Crippen molar-refractivity contribution < 1.29 is 5.11 Å². The Morgan fingerprint density at radius 3 is 2.12 bits per heavy atom. The highest BCUT2D eigenvalue weighted by atomic mass is 16.3. The number of aliphatic hydroxyl groups excluding tert-OH is 1. The summed E-state index contributed by atoms with van der Waals surface area (Å²) in [5.74, 6) is 0. The first-order chi connectivity index (χ1) is 7.83. The third-order valence-electron chi connectivity index (χ3n) is 2.03. The first kappa shape index (κ1) is 12.4. The molecule has 2 heteroatoms. The van der Waals surface area contributed by atoms with Crippen LogP contribution in [-0.4, -0.2) is 16.7 Å². The van der Waals surface area contributed by atoms with Gasteiger partial charge in [-0.2, -0.15) is 0 Å². The molecule has 1 heterocycles. The average molecular weight is 215 g/mol. The number of aliphatic hydroxyl groups is 1. The molecule has 0 unspecified atom stereocenters. The van der Waals surface area contributed by atoms with Gasteiger partial charge in [0.05, 0.1) is 0 Å². The van der Waals surface area contributed by atoms with E-state index in [2.05, 4.69) is 24.0 Å². The van der Waals surface area contributed by atoms with Gasteiger partial charge in [0, 0.05) is 24.9 Å². The molecule has 0 spiro atoms. The average Bonchev–Trinajstić information content (AvgIpc) is 2.33. The predicted octanol–water partition coefficient (Wildman–Crippen LogP) is 2.61. The second-order valence-corrected chi connectivity index (χ2v) is 3.45. The zero-order chi connectivity index (χ0) is 11.6. The molecule has 0 aliphatic carbocycles. The topological polar surface area (TPSA) is 33.1 Å². The van der Waals surface area contributed by atoms with E-state index in [4.69, 9.17) is 5.11 Å². The van der Waals surface area contributed by atoms with Crippen molar-refractivity contribution in [2.75, 3.05) is 6.61 Å². The maximum atomic E-state index is 8.48. The minimum Gasteiger partial charge on any atom is -0.396 e. The van der Waals surface area contributed by atoms with E-state index in [-0.39, 0.29) is 6.61 Å². The van der Waals surface area contributed by atoms with Gasteiger partial charge in [0.15, 0.2) is 0 Å². The Labute approximate surface area is 96.6 Å². The van der Waals surface area contributed by atoms with Crippen molar-refractivity contribution in [2.24, 2.45) is 0 Å². The van der Waals surface area contributed by atoms with E-state index < -0.39 is 0 Å². The summed E-state index contributed by atoms with van der Waals surface area (Å²) >= 11 is 0. The Bertz CT molecular complexity index is 372. The fourth-order valence-corrected chi connectivity index (χ4v) is 1.19. The molecule has 0 saturated heterocycles. The van der Waals surface area contributed by atoms with E-state index in [9.17, 15) is 0 Å². The Kier molecular flexibility index (Phi) is 5.89. The fraction of sp³-hybridized carbons (Fsp3) is 0.214. The van der Waals surface area contributed by atoms with Crippen molar-refractivity contribution in [3.05, 3.63) is 66.0 Å². The molecular formula is C14H17NO. The highest BCUT2D eigenvalue weighted by molar-refractivity contribution is 5.11. The molecule has 84 valence electrons. The standard InChI is InChI=1S/C7H9NO.C7H8/c9-6-4-7-3-1-2-5-8-7;1-7-5-3-2-4-6-7/h1-3,5,9H,4,6H2;2-6H,1H3. The summed E-state index contributed by atoms with van der Waals surface area (Å²) in [5.41, 5.74) is 2.27. The maximum absolute atomic E-state index is 8.48. The number of nitrogens with zero attached hydrogens (tertiary/aromatic N) is 1. The molecule has 0 aliphatic rings. The van der Waals surface area contributed by atoms with Gasteiger partial charge in [-0.05, 0) is 19.1 Å². The van der Waals surface area contributed by atoms with Crippen LogP contribution in [0.25, 0.3) is 0 Å². The van der Waals surface area contributed by atoms with Gasteiger partial charge in [0.1, 0.15) is 0 Å². The molecule has 0 aliphatic heterocycles. The molecular weight excluding hydrogens is 198 g/mol. The molecule has 2 nitrogen and oxygen atoms in total. The molecule has 2 rings (SSSR count). The lowest BCUT2D eigenvalue weighted by molar-refractivity contribution is 0.298. The number of pyridine rings is 1. The summed E-state index contributed by atoms with van der Waals surface area (Å²) in [6.07, 6.45) is 2.38. The Balaban J connectivity index is 0.000000165. The lowest BCUT2D eigenvalue weighted by atomic mass is 10.2. The smallest absolute Gasteiger partial charge is 0.0486 e. The van der Waals surface area contributed by atoms with Crippen molar-refractivity contribution in [3.63, 3.8) is 0 Å². The zero-order valence-corrected chi connectivity index (χ0v) is 9.50. The molecule has 0 amide bonds. The van der Waals surface area contributed by atoms with Crippen LogP contribution in [-0.2, 0) is 6.42 Å². The van der Waals surface area contributed by atoms with Crippen LogP contribution in [0.5, 0.6) is 0 Å². The molecule has 0 atom stereocenters. The van der Waals surface area contributed by atoms with Gasteiger partial charge in [-0.3, -0.25) is 4.98 Å². The lowest BCUT2D eigenvalue weighted by Gasteiger charge is -1.92. The van der Waals surface area contributed by atoms with Gasteiger partial charge in [0.2, 0.25) is 0 Å². The van der Waals surface area contributed by atoms with E-state index in [0.717, 1.165) is 5.69 Å². The van der Waals surface area contributed by atoms with Crippen LogP contribution in [0.4, 0.5) is 0 Å². The highest BCUT2D eigenvalue weighted by Gasteiger charge is 1.87. The Morgan fingerprint density at radius 2 is 1.69 bits per heavy atom. The summed E-state index contributed by atoms with van der Waals surface area (Å²) < 4.78 is 0. The normalized spacial score (nSPS) is 9.12. The van der Waals surface area contributed by atoms with E-state index >= 15 is 0 Å². The molecule has 0 radical (unpaired) electrons. The van der Waals surface area contributed by atoms with Crippen LogP contribution in [0.2, 0.25) is 0 Å². The number of rotatable bonds is 2. The van der Waals surface area contributed by atoms with Gasteiger partial charge < -0.3 is 5.11 Å². The monoisotopic (exact) mass is 215 g/mol. The van der Waals surface area contributed by atoms with Gasteiger partial charge >= 0.3 is 0 Å². The van der Waals surface area contributed by atoms with Gasteiger partial charge in [-0.15, -0.1) is 0 Å². The fourth-order valence-electron chi connectivity index (χ4n) is 1.19. The van der Waals surface area contributed by atoms with Crippen LogP contribution in [0, 0.1) is 6.92 Å². The molecule has 1 aromatic carbocycles. The molecule has 0 saturated carbocycles. The molecule has 16 heavy (non-hydrogen) atoms. The maximum Gasteiger partial charge on any atom is 0.0486 e. The number of aryl methyl sites for hydroxylation is 1. The van der Waals surface area contributed by atoms with Crippen molar-refractivity contribution in [1.29, 1.82) is 0 Å². The van der Waals surface area contributed by atoms with Crippen molar-refractivity contribution in [1.82, 2.24) is 4.98 Å². The molecule has 2 aromatic rings. The summed E-state index contributed by atoms with van der Waals surface area (Å²) in [7, 11) is 0. The van der Waals surface area contributed by atoms with Gasteiger partial charge in [-0.25, -0.2) is 0 Å². The third kappa shape index (κ3) is 5.27. The van der Waals surface area contributed by atoms with Crippen LogP contribution in [0.1, 0.15) is 11.3 Å². The van der Waals surface area contributed by atoms with E-state index in [0.29, 0.717) is 6.42 Å². The van der Waals surface area contributed by atoms with E-state index in [1.807, 2.05) is 36.4 Å². The molecule has 0 fully saturated rings. The van der Waals surface area contributed by atoms with Gasteiger partial charge in [-0.1, -0.05) is 42.0 Å². The van der Waals surface area contributed by atoms with Crippen LogP contribution in [0.3, 0.4) is 0 Å². The third-order valence-corrected chi connectivity index (χ3v) is 2.03. The summed E-state index contributed by atoms with van der Waals surface area (Å²) in [5, 5.41) is 8.48. The first-order valence-corrected chi connectivity index (χ1v) is 5.35. The first-order valence-electron chi connectivity index (χ1n) is 5.35. The van der Waals surface area contributed by atoms with Crippen molar-refractivity contribution >= 4 is 0 Å². The summed E-state index contributed by atoms with van der Waals surface area (Å²) in [6.45, 7) is 2.26. The van der Waals surface area contributed by atoms with Crippen molar-refractivity contribution in [2.45, 2.75) is 13.3 Å².